The first-order valence-electron chi connectivity index (χ1n) is 40.3. The molecule has 2 unspecified atom stereocenters. The van der Waals surface area contributed by atoms with E-state index in [9.17, 15) is 57.3 Å². The van der Waals surface area contributed by atoms with Crippen molar-refractivity contribution in [1.29, 1.82) is 5.26 Å². The first-order valence-corrected chi connectivity index (χ1v) is 42.9. The van der Waals surface area contributed by atoms with Gasteiger partial charge in [-0.2, -0.15) is 9.79 Å². The van der Waals surface area contributed by atoms with Gasteiger partial charge in [0.25, 0.3) is 0 Å². The van der Waals surface area contributed by atoms with E-state index in [1.165, 1.54) is 0 Å². The minimum Gasteiger partial charge on any atom is -0.512 e. The van der Waals surface area contributed by atoms with E-state index in [1.54, 1.807) is 76.0 Å². The van der Waals surface area contributed by atoms with Gasteiger partial charge in [0.05, 0.1) is 86.4 Å². The number of piperidine rings is 2. The van der Waals surface area contributed by atoms with Gasteiger partial charge in [0.15, 0.2) is 22.9 Å². The van der Waals surface area contributed by atoms with Gasteiger partial charge >= 0.3 is 45.6 Å². The molecule has 0 spiro atoms. The second-order valence-corrected chi connectivity index (χ2v) is 35.8. The standard InChI is InChI=1S/C42H66N3O8P.C41H64N3O8P.CN.B.Na/c1-10-27(4)39(44(7)42(49)33(26(2)3)24-36(47)40-30-18-19-31(22-30)43(40)6)37(52-8)25-38(48)45-20-14-17-34(45)41(53-9)28(5)35(46)23-32(54(50)51)21-29-15-12-11-13-16-29;1-9-26(4)39(43(6)41(48)32(25(2)3)23-35(46)38-29-17-18-30(21-29)42-38)36(51-7)24-37(47)44-19-13-16-33(44)40(52-8)27(5)34(45)22-31(53(49)50)20-28-14-11-10-12-15-28;1-2;;/h11-13,15-16,26-28,30-34,37,39-41H,10,14,17-25H2,1-9H3;10-12,14-15,25-27,29-33,36,38-40,42H,9,13,16-24H2,1-8H3;;;/q;;-1;;+1/p+2/t27-,28-,30-,31+,32+,33-,34-,37+,39-,40-,41+;26-,27-,29-,30+,31+,32-,33-,36+,38-,39-,40+;;;/m00.../s1. The Morgan fingerprint density at radius 3 is 1.28 bits per heavy atom. The molecule has 4 aliphatic heterocycles. The number of carbonyl (C=O) groups is 8. The summed E-state index contributed by atoms with van der Waals surface area (Å²) in [6.45, 7) is 25.6. The minimum atomic E-state index is -2.59. The summed E-state index contributed by atoms with van der Waals surface area (Å²) < 4.78 is 48.6. The van der Waals surface area contributed by atoms with Gasteiger partial charge in [-0.15, -0.1) is 0 Å². The number of nitrogens with one attached hydrogen (secondary N) is 1. The summed E-state index contributed by atoms with van der Waals surface area (Å²) in [6, 6.07) is 17.8. The zero-order chi connectivity index (χ0) is 80.8. The molecular weight excluding hydrogens is 1460 g/mol. The molecule has 0 aromatic heterocycles. The van der Waals surface area contributed by atoms with E-state index < -0.39 is 87.5 Å². The molecule has 24 atom stereocenters. The number of amides is 4. The monoisotopic (exact) mass is 1590 g/mol. The van der Waals surface area contributed by atoms with Crippen LogP contribution >= 0.6 is 16.1 Å². The van der Waals surface area contributed by atoms with Gasteiger partial charge in [-0.25, -0.2) is 0 Å². The Labute approximate surface area is 689 Å². The molecule has 2 saturated carbocycles. The number of ketones is 4. The van der Waals surface area contributed by atoms with Crippen molar-refractivity contribution in [3.8, 4) is 0 Å². The molecule has 611 valence electrons. The zero-order valence-electron chi connectivity index (χ0n) is 70.0. The minimum absolute atomic E-state index is 0. The number of Topliss-reactive ketones (excluding diaryl/α,β-unsaturated/α-hetero) is 4. The van der Waals surface area contributed by atoms with Gasteiger partial charge in [-0.1, -0.05) is 143 Å². The van der Waals surface area contributed by atoms with Crippen LogP contribution in [-0.4, -0.2) is 236 Å². The molecule has 2 aromatic carbocycles. The van der Waals surface area contributed by atoms with Gasteiger partial charge in [0.1, 0.15) is 11.6 Å². The molecule has 4 heterocycles. The molecule has 6 aliphatic rings. The van der Waals surface area contributed by atoms with Crippen LogP contribution in [0.1, 0.15) is 196 Å². The number of hydrogen-bond donors (Lipinski definition) is 3. The van der Waals surface area contributed by atoms with Crippen molar-refractivity contribution in [3.05, 3.63) is 78.4 Å². The summed E-state index contributed by atoms with van der Waals surface area (Å²) in [7, 11) is 6.69. The molecule has 2 aliphatic carbocycles. The number of ether oxygens (including phenoxy) is 4. The van der Waals surface area contributed by atoms with Crippen molar-refractivity contribution in [2.45, 2.75) is 282 Å². The maximum absolute atomic E-state index is 14.4. The average Bonchev–Trinajstić information content (AvgIpc) is 1.64. The summed E-state index contributed by atoms with van der Waals surface area (Å²) in [6.07, 6.45) is 9.47. The quantitative estimate of drug-likeness (QED) is 0.0320. The van der Waals surface area contributed by atoms with E-state index >= 15 is 0 Å². The second kappa shape index (κ2) is 47.6. The third-order valence-electron chi connectivity index (χ3n) is 25.9. The van der Waals surface area contributed by atoms with E-state index in [0.717, 1.165) is 75.3 Å². The third-order valence-corrected chi connectivity index (χ3v) is 27.8. The zero-order valence-corrected chi connectivity index (χ0v) is 73.7. The molecule has 8 rings (SSSR count). The van der Waals surface area contributed by atoms with E-state index in [4.69, 9.17) is 30.8 Å². The molecule has 111 heavy (non-hydrogen) atoms. The Morgan fingerprint density at radius 2 is 0.955 bits per heavy atom. The Hall–Kier alpha value is -4.57. The van der Waals surface area contributed by atoms with Crippen LogP contribution in [0.5, 0.6) is 0 Å². The number of benzene rings is 2. The first kappa shape index (κ1) is 98.8. The number of likely N-dealkylation sites (tertiary alicyclic amines) is 3. The maximum atomic E-state index is 14.4. The number of rotatable bonds is 42. The summed E-state index contributed by atoms with van der Waals surface area (Å²) in [5.74, 6) is -2.01. The van der Waals surface area contributed by atoms with Crippen LogP contribution in [0.4, 0.5) is 0 Å². The van der Waals surface area contributed by atoms with Gasteiger partial charge < -0.3 is 55.7 Å². The van der Waals surface area contributed by atoms with Crippen molar-refractivity contribution in [2.24, 2.45) is 59.2 Å². The van der Waals surface area contributed by atoms with Crippen molar-refractivity contribution < 1.29 is 106 Å². The Balaban J connectivity index is 0.000000450. The fourth-order valence-electron chi connectivity index (χ4n) is 19.1. The number of hydrogen-bond acceptors (Lipinski definition) is 17. The Kier molecular flexibility index (Phi) is 42.4. The third kappa shape index (κ3) is 25.7. The number of fused-ring (bicyclic) bond motifs is 4. The maximum Gasteiger partial charge on any atom is 1.00 e. The van der Waals surface area contributed by atoms with Crippen LogP contribution < -0.4 is 34.9 Å². The van der Waals surface area contributed by atoms with E-state index in [-0.39, 0.29) is 171 Å². The molecule has 27 heteroatoms. The largest absolute Gasteiger partial charge is 1.00 e. The molecule has 2 aromatic rings. The second-order valence-electron chi connectivity index (χ2n) is 33.1. The Bertz CT molecular complexity index is 3350. The molecule has 4 bridgehead atoms. The Morgan fingerprint density at radius 1 is 0.559 bits per heavy atom. The molecule has 4 amide bonds. The van der Waals surface area contributed by atoms with Crippen LogP contribution in [0, 0.1) is 71.0 Å². The van der Waals surface area contributed by atoms with Gasteiger partial charge in [-0.3, -0.25) is 43.3 Å². The number of likely N-dealkylation sites (N-methyl/N-ethyl adjacent to an activating group) is 3. The first-order chi connectivity index (χ1) is 51.9. The normalized spacial score (nSPS) is 24.6. The van der Waals surface area contributed by atoms with Crippen LogP contribution in [0.25, 0.3) is 0 Å². The smallest absolute Gasteiger partial charge is 0.512 e. The summed E-state index contributed by atoms with van der Waals surface area (Å²) >= 11 is 0. The summed E-state index contributed by atoms with van der Waals surface area (Å²) in [5, 5.41) is 9.74. The van der Waals surface area contributed by atoms with Crippen molar-refractivity contribution in [2.75, 3.05) is 62.7 Å². The van der Waals surface area contributed by atoms with Gasteiger partial charge in [0.2, 0.25) is 23.6 Å². The number of nitrogens with zero attached hydrogens (tertiary/aromatic N) is 6. The van der Waals surface area contributed by atoms with E-state index in [1.807, 2.05) is 95.4 Å². The summed E-state index contributed by atoms with van der Waals surface area (Å²) in [4.78, 5) is 141. The molecule has 23 nitrogen and oxygen atoms in total. The topological polar surface area (TPSA) is 300 Å². The van der Waals surface area contributed by atoms with Crippen LogP contribution in [0.2, 0.25) is 0 Å². The predicted molar refractivity (Wildman–Crippen MR) is 426 cm³/mol. The molecule has 3 N–H and O–H groups in total. The number of methoxy groups -OCH3 is 4. The van der Waals surface area contributed by atoms with E-state index in [2.05, 4.69) is 37.9 Å². The van der Waals surface area contributed by atoms with Crippen molar-refractivity contribution >= 4 is 71.2 Å². The van der Waals surface area contributed by atoms with Gasteiger partial charge in [-0.05, 0) is 127 Å². The average molecular weight is 1590 g/mol. The van der Waals surface area contributed by atoms with Crippen LogP contribution in [-0.2, 0) is 79.3 Å². The fraction of sp³-hybridized carbons (Fsp3) is 0.750. The van der Waals surface area contributed by atoms with Crippen molar-refractivity contribution in [1.82, 2.24) is 29.8 Å². The molecule has 4 saturated heterocycles. The summed E-state index contributed by atoms with van der Waals surface area (Å²) in [5.41, 5.74) is 0.346. The van der Waals surface area contributed by atoms with Crippen molar-refractivity contribution in [3.63, 3.8) is 0 Å². The molecule has 6 fully saturated rings. The van der Waals surface area contributed by atoms with Crippen LogP contribution in [0.3, 0.4) is 0 Å². The SMILES string of the molecule is CC[C@H](C)[C@@H]([C@@H](CC(=O)N1CCC[C@H]1[C@H](OC)[C@@H](C)C(=O)C[C@@H](Cc1ccccc1)[P+](=O)O)OC)N(C)C(=O)[C@@H](CC(=O)[C@@H]1[C@H]2CC[C@H](C2)N1C)C(C)C.CC[C@H](C)[C@@H]([C@@H](CC(=O)N1CCC[C@H]1[C@H](OC)[C@@H](C)C(=O)C[C@@H](Cc1ccccc1)[P+](=O)O)OC)N(C)C(=O)[C@@H](CC(=O)[C@H]1N[C@@H]2CC[C@H]1C2)C(C)C.[B].[C-]#N.[Na+]. The number of carbonyl (C=O) groups excluding carboxylic acids is 8. The fourth-order valence-corrected chi connectivity index (χ4v) is 20.5. The van der Waals surface area contributed by atoms with Crippen LogP contribution in [0.15, 0.2) is 60.7 Å². The van der Waals surface area contributed by atoms with Gasteiger partial charge in [0, 0.05) is 125 Å². The predicted octanol–water partition coefficient (Wildman–Crippen LogP) is 8.23. The van der Waals surface area contributed by atoms with E-state index in [0.29, 0.717) is 62.7 Å². The molecular formula is C84H132BN7NaO16P2+2. The molecule has 3 radical (unpaired) electrons.